The first kappa shape index (κ1) is 15.9. The second-order valence-electron chi connectivity index (χ2n) is 5.18. The lowest BCUT2D eigenvalue weighted by atomic mass is 10.1. The molecule has 1 aliphatic rings. The smallest absolute Gasteiger partial charge is 0.404 e. The van der Waals surface area contributed by atoms with Crippen LogP contribution in [0, 0.1) is 5.82 Å². The number of pyridine rings is 1. The van der Waals surface area contributed by atoms with Crippen LogP contribution in [0.1, 0.15) is 12.8 Å². The number of aromatic nitrogens is 3. The van der Waals surface area contributed by atoms with Crippen LogP contribution in [0.15, 0.2) is 6.20 Å². The van der Waals surface area contributed by atoms with E-state index >= 15 is 0 Å². The van der Waals surface area contributed by atoms with E-state index in [1.54, 1.807) is 0 Å². The summed E-state index contributed by atoms with van der Waals surface area (Å²) in [5, 5.41) is 11.3. The van der Waals surface area contributed by atoms with Crippen molar-refractivity contribution in [2.45, 2.75) is 18.9 Å². The van der Waals surface area contributed by atoms with Crippen LogP contribution in [-0.4, -0.2) is 45.3 Å². The van der Waals surface area contributed by atoms with Crippen LogP contribution < -0.4 is 10.2 Å². The minimum Gasteiger partial charge on any atom is -0.465 e. The summed E-state index contributed by atoms with van der Waals surface area (Å²) >= 11 is 11.6. The van der Waals surface area contributed by atoms with Gasteiger partial charge in [-0.1, -0.05) is 11.6 Å². The Balaban J connectivity index is 2.02. The Morgan fingerprint density at radius 2 is 2.22 bits per heavy atom. The Bertz CT molecular complexity index is 776. The summed E-state index contributed by atoms with van der Waals surface area (Å²) in [6, 6.07) is -0.241. The SMILES string of the molecule is O=C(O)N[C@@H]1CCCN(c2nc(Cl)nc3c(F)c(Cl)ncc23)C1. The molecule has 0 aliphatic carbocycles. The van der Waals surface area contributed by atoms with E-state index in [2.05, 4.69) is 20.3 Å². The molecule has 122 valence electrons. The van der Waals surface area contributed by atoms with Gasteiger partial charge in [0.1, 0.15) is 11.3 Å². The van der Waals surface area contributed by atoms with Crippen molar-refractivity contribution in [3.05, 3.63) is 22.5 Å². The van der Waals surface area contributed by atoms with E-state index in [-0.39, 0.29) is 22.0 Å². The normalized spacial score (nSPS) is 18.2. The largest absolute Gasteiger partial charge is 0.465 e. The Morgan fingerprint density at radius 3 is 2.96 bits per heavy atom. The molecule has 23 heavy (non-hydrogen) atoms. The van der Waals surface area contributed by atoms with E-state index < -0.39 is 11.9 Å². The minimum absolute atomic E-state index is 0.00619. The first-order valence-electron chi connectivity index (χ1n) is 6.87. The Morgan fingerprint density at radius 1 is 1.43 bits per heavy atom. The lowest BCUT2D eigenvalue weighted by Crippen LogP contribution is -2.47. The van der Waals surface area contributed by atoms with Gasteiger partial charge < -0.3 is 15.3 Å². The van der Waals surface area contributed by atoms with Crippen molar-refractivity contribution in [1.82, 2.24) is 20.3 Å². The fourth-order valence-corrected chi connectivity index (χ4v) is 3.00. The molecule has 0 aromatic carbocycles. The molecule has 1 atom stereocenters. The summed E-state index contributed by atoms with van der Waals surface area (Å²) in [4.78, 5) is 24.5. The van der Waals surface area contributed by atoms with Gasteiger partial charge in [-0.25, -0.2) is 19.2 Å². The molecular formula is C13H12Cl2FN5O2. The zero-order valence-electron chi connectivity index (χ0n) is 11.8. The Kier molecular flexibility index (Phi) is 4.36. The number of nitrogens with zero attached hydrogens (tertiary/aromatic N) is 4. The molecule has 1 saturated heterocycles. The average Bonchev–Trinajstić information content (AvgIpc) is 2.50. The minimum atomic E-state index is -1.08. The fraction of sp³-hybridized carbons (Fsp3) is 0.385. The van der Waals surface area contributed by atoms with Crippen molar-refractivity contribution in [2.24, 2.45) is 0 Å². The van der Waals surface area contributed by atoms with Crippen molar-refractivity contribution in [3.63, 3.8) is 0 Å². The summed E-state index contributed by atoms with van der Waals surface area (Å²) in [6.07, 6.45) is 1.79. The molecule has 10 heteroatoms. The molecule has 0 bridgehead atoms. The van der Waals surface area contributed by atoms with E-state index in [0.29, 0.717) is 24.3 Å². The zero-order valence-corrected chi connectivity index (χ0v) is 13.3. The number of nitrogens with one attached hydrogen (secondary N) is 1. The number of carbonyl (C=O) groups is 1. The number of piperidine rings is 1. The highest BCUT2D eigenvalue weighted by Gasteiger charge is 2.25. The van der Waals surface area contributed by atoms with Crippen LogP contribution >= 0.6 is 23.2 Å². The maximum atomic E-state index is 14.1. The van der Waals surface area contributed by atoms with E-state index in [0.717, 1.165) is 12.8 Å². The molecule has 7 nitrogen and oxygen atoms in total. The zero-order chi connectivity index (χ0) is 16.6. The van der Waals surface area contributed by atoms with Gasteiger partial charge in [0.25, 0.3) is 0 Å². The number of amides is 1. The summed E-state index contributed by atoms with van der Waals surface area (Å²) in [6.45, 7) is 1.05. The van der Waals surface area contributed by atoms with Crippen LogP contribution in [0.2, 0.25) is 10.4 Å². The summed E-state index contributed by atoms with van der Waals surface area (Å²) in [5.74, 6) is -0.341. The van der Waals surface area contributed by atoms with Crippen LogP contribution in [-0.2, 0) is 0 Å². The molecule has 0 radical (unpaired) electrons. The van der Waals surface area contributed by atoms with Crippen molar-refractivity contribution in [2.75, 3.05) is 18.0 Å². The van der Waals surface area contributed by atoms with Gasteiger partial charge in [0.15, 0.2) is 11.0 Å². The lowest BCUT2D eigenvalue weighted by Gasteiger charge is -2.33. The van der Waals surface area contributed by atoms with Crippen LogP contribution in [0.25, 0.3) is 10.9 Å². The number of fused-ring (bicyclic) bond motifs is 1. The van der Waals surface area contributed by atoms with Gasteiger partial charge in [-0.2, -0.15) is 4.98 Å². The highest BCUT2D eigenvalue weighted by molar-refractivity contribution is 6.30. The molecule has 2 aromatic heterocycles. The molecule has 0 unspecified atom stereocenters. The van der Waals surface area contributed by atoms with Gasteiger partial charge >= 0.3 is 6.09 Å². The first-order valence-corrected chi connectivity index (χ1v) is 7.63. The maximum absolute atomic E-state index is 14.1. The van der Waals surface area contributed by atoms with E-state index in [1.165, 1.54) is 6.20 Å². The lowest BCUT2D eigenvalue weighted by molar-refractivity contribution is 0.188. The number of hydrogen-bond acceptors (Lipinski definition) is 5. The third kappa shape index (κ3) is 3.23. The molecule has 2 N–H and O–H groups in total. The van der Waals surface area contributed by atoms with Gasteiger partial charge in [-0.3, -0.25) is 0 Å². The second-order valence-corrected chi connectivity index (χ2v) is 5.87. The average molecular weight is 360 g/mol. The molecule has 0 spiro atoms. The van der Waals surface area contributed by atoms with E-state index in [4.69, 9.17) is 28.3 Å². The number of halogens is 3. The van der Waals surface area contributed by atoms with Crippen LogP contribution in [0.5, 0.6) is 0 Å². The number of hydrogen-bond donors (Lipinski definition) is 2. The predicted molar refractivity (Wildman–Crippen MR) is 83.7 cm³/mol. The summed E-state index contributed by atoms with van der Waals surface area (Å²) in [5.41, 5.74) is -0.00619. The topological polar surface area (TPSA) is 91.2 Å². The van der Waals surface area contributed by atoms with Crippen molar-refractivity contribution in [3.8, 4) is 0 Å². The number of carboxylic acid groups (broad SMARTS) is 1. The van der Waals surface area contributed by atoms with E-state index in [9.17, 15) is 9.18 Å². The van der Waals surface area contributed by atoms with Crippen molar-refractivity contribution < 1.29 is 14.3 Å². The molecule has 1 amide bonds. The maximum Gasteiger partial charge on any atom is 0.404 e. The molecule has 3 rings (SSSR count). The van der Waals surface area contributed by atoms with Gasteiger partial charge in [0.05, 0.1) is 5.39 Å². The number of anilines is 1. The third-order valence-electron chi connectivity index (χ3n) is 3.64. The summed E-state index contributed by atoms with van der Waals surface area (Å²) < 4.78 is 14.1. The quantitative estimate of drug-likeness (QED) is 0.632. The second kappa shape index (κ2) is 6.29. The van der Waals surface area contributed by atoms with Gasteiger partial charge in [0, 0.05) is 25.3 Å². The van der Waals surface area contributed by atoms with E-state index in [1.807, 2.05) is 4.90 Å². The monoisotopic (exact) mass is 359 g/mol. The molecule has 3 heterocycles. The molecule has 0 saturated carbocycles. The highest BCUT2D eigenvalue weighted by atomic mass is 35.5. The van der Waals surface area contributed by atoms with Crippen LogP contribution in [0.4, 0.5) is 15.0 Å². The van der Waals surface area contributed by atoms with Crippen molar-refractivity contribution >= 4 is 46.0 Å². The Labute approximate surface area is 140 Å². The first-order chi connectivity index (χ1) is 11.0. The fourth-order valence-electron chi connectivity index (χ4n) is 2.70. The van der Waals surface area contributed by atoms with Crippen LogP contribution in [0.3, 0.4) is 0 Å². The summed E-state index contributed by atoms with van der Waals surface area (Å²) in [7, 11) is 0. The highest BCUT2D eigenvalue weighted by Crippen LogP contribution is 2.30. The van der Waals surface area contributed by atoms with Gasteiger partial charge in [-0.15, -0.1) is 0 Å². The standard InChI is InChI=1S/C13H12Cl2FN5O2/c14-10-8(16)9-7(4-17-10)11(20-12(15)19-9)21-3-1-2-6(5-21)18-13(22)23/h4,6,18H,1-3,5H2,(H,22,23)/t6-/m1/s1. The number of rotatable bonds is 2. The Hall–Kier alpha value is -1.93. The third-order valence-corrected chi connectivity index (χ3v) is 4.08. The van der Waals surface area contributed by atoms with Gasteiger partial charge in [0.2, 0.25) is 5.28 Å². The predicted octanol–water partition coefficient (Wildman–Crippen LogP) is 2.71. The molecule has 1 aliphatic heterocycles. The van der Waals surface area contributed by atoms with Gasteiger partial charge in [-0.05, 0) is 24.4 Å². The van der Waals surface area contributed by atoms with Crippen molar-refractivity contribution in [1.29, 1.82) is 0 Å². The molecule has 2 aromatic rings. The molecular weight excluding hydrogens is 348 g/mol. The molecule has 1 fully saturated rings.